The number of halogens is 1. The van der Waals surface area contributed by atoms with Gasteiger partial charge in [-0.1, -0.05) is 53.7 Å². The third-order valence-corrected chi connectivity index (χ3v) is 1.52. The first kappa shape index (κ1) is 15.6. The molecular weight excluding hydrogens is 175 g/mol. The average Bonchev–Trinajstić information content (AvgIpc) is 2.24. The third kappa shape index (κ3) is 6.64. The smallest absolute Gasteiger partial charge is 0.123 e. The molecule has 0 aliphatic heterocycles. The molecule has 1 aromatic rings. The van der Waals surface area contributed by atoms with Crippen LogP contribution in [0.25, 0.3) is 0 Å². The summed E-state index contributed by atoms with van der Waals surface area (Å²) in [6.07, 6.45) is 0. The van der Waals surface area contributed by atoms with Gasteiger partial charge in [0.2, 0.25) is 0 Å². The van der Waals surface area contributed by atoms with E-state index < -0.39 is 0 Å². The fourth-order valence-electron chi connectivity index (χ4n) is 0.866. The summed E-state index contributed by atoms with van der Waals surface area (Å²) in [5.74, 6) is 0.266. The van der Waals surface area contributed by atoms with Gasteiger partial charge >= 0.3 is 0 Å². The van der Waals surface area contributed by atoms with Crippen LogP contribution in [0.1, 0.15) is 53.0 Å². The number of benzene rings is 1. The van der Waals surface area contributed by atoms with Crippen LogP contribution >= 0.6 is 0 Å². The second kappa shape index (κ2) is 10.2. The highest BCUT2D eigenvalue weighted by molar-refractivity contribution is 5.19. The monoisotopic (exact) mass is 198 g/mol. The molecule has 0 bridgehead atoms. The van der Waals surface area contributed by atoms with E-state index in [9.17, 15) is 4.39 Å². The number of rotatable bonds is 1. The summed E-state index contributed by atoms with van der Waals surface area (Å²) in [6, 6.07) is 6.72. The third-order valence-electron chi connectivity index (χ3n) is 1.52. The fourth-order valence-corrected chi connectivity index (χ4v) is 0.866. The number of hydrogen-bond donors (Lipinski definition) is 0. The summed E-state index contributed by atoms with van der Waals surface area (Å²) < 4.78 is 12.5. The van der Waals surface area contributed by atoms with Gasteiger partial charge in [-0.2, -0.15) is 0 Å². The first-order valence-electron chi connectivity index (χ1n) is 5.45. The van der Waals surface area contributed by atoms with Crippen LogP contribution in [0.15, 0.2) is 24.3 Å². The molecule has 0 unspecified atom stereocenters. The van der Waals surface area contributed by atoms with Crippen LogP contribution in [-0.4, -0.2) is 0 Å². The van der Waals surface area contributed by atoms with Crippen molar-refractivity contribution in [2.24, 2.45) is 0 Å². The van der Waals surface area contributed by atoms with Crippen molar-refractivity contribution in [1.82, 2.24) is 0 Å². The summed E-state index contributed by atoms with van der Waals surface area (Å²) in [5, 5.41) is 0. The van der Waals surface area contributed by atoms with Crippen molar-refractivity contribution in [2.45, 2.75) is 47.5 Å². The molecule has 0 radical (unpaired) electrons. The first-order chi connectivity index (χ1) is 6.70. The lowest BCUT2D eigenvalue weighted by molar-refractivity contribution is 0.623. The quantitative estimate of drug-likeness (QED) is 0.595. The molecule has 0 aliphatic carbocycles. The molecule has 1 rings (SSSR count). The molecule has 0 atom stereocenters. The van der Waals surface area contributed by atoms with E-state index in [0.717, 1.165) is 5.56 Å². The highest BCUT2D eigenvalue weighted by atomic mass is 19.1. The predicted octanol–water partition coefficient (Wildman–Crippen LogP) is 5.00. The van der Waals surface area contributed by atoms with E-state index in [-0.39, 0.29) is 5.82 Å². The molecule has 0 N–H and O–H groups in total. The van der Waals surface area contributed by atoms with Crippen LogP contribution in [0.4, 0.5) is 4.39 Å². The van der Waals surface area contributed by atoms with Crippen LogP contribution in [0.2, 0.25) is 0 Å². The van der Waals surface area contributed by atoms with E-state index in [4.69, 9.17) is 0 Å². The lowest BCUT2D eigenvalue weighted by Crippen LogP contribution is -1.86. The molecule has 0 amide bonds. The lowest BCUT2D eigenvalue weighted by Gasteiger charge is -2.02. The Morgan fingerprint density at radius 2 is 1.50 bits per heavy atom. The van der Waals surface area contributed by atoms with Gasteiger partial charge in [-0.15, -0.1) is 0 Å². The Morgan fingerprint density at radius 1 is 1.00 bits per heavy atom. The maximum Gasteiger partial charge on any atom is 0.123 e. The van der Waals surface area contributed by atoms with Crippen LogP contribution < -0.4 is 0 Å². The Balaban J connectivity index is 0. The molecule has 82 valence electrons. The standard InChI is InChI=1S/C9H11F.2C2H6/c1-7(2)8-4-3-5-9(10)6-8;2*1-2/h3-7H,1-2H3;2*1-2H3. The highest BCUT2D eigenvalue weighted by Crippen LogP contribution is 2.14. The van der Waals surface area contributed by atoms with Gasteiger partial charge in [-0.3, -0.25) is 0 Å². The van der Waals surface area contributed by atoms with Gasteiger partial charge in [0.05, 0.1) is 0 Å². The summed E-state index contributed by atoms with van der Waals surface area (Å²) in [4.78, 5) is 0. The summed E-state index contributed by atoms with van der Waals surface area (Å²) in [5.41, 5.74) is 1.06. The van der Waals surface area contributed by atoms with E-state index in [1.165, 1.54) is 6.07 Å². The normalized spacial score (nSPS) is 8.29. The van der Waals surface area contributed by atoms with Gasteiger partial charge < -0.3 is 0 Å². The number of hydrogen-bond acceptors (Lipinski definition) is 0. The average molecular weight is 198 g/mol. The molecule has 1 heteroatoms. The van der Waals surface area contributed by atoms with Gasteiger partial charge in [0.25, 0.3) is 0 Å². The molecule has 1 aromatic carbocycles. The highest BCUT2D eigenvalue weighted by Gasteiger charge is 1.97. The van der Waals surface area contributed by atoms with Crippen molar-refractivity contribution in [1.29, 1.82) is 0 Å². The van der Waals surface area contributed by atoms with Gasteiger partial charge in [-0.05, 0) is 23.6 Å². The van der Waals surface area contributed by atoms with Crippen LogP contribution in [0.5, 0.6) is 0 Å². The molecule has 0 aromatic heterocycles. The summed E-state index contributed by atoms with van der Waals surface area (Å²) in [6.45, 7) is 12.1. The van der Waals surface area contributed by atoms with Crippen molar-refractivity contribution in [3.05, 3.63) is 35.6 Å². The maximum absolute atomic E-state index is 12.5. The van der Waals surface area contributed by atoms with Gasteiger partial charge in [-0.25, -0.2) is 4.39 Å². The van der Waals surface area contributed by atoms with Crippen molar-refractivity contribution in [3.8, 4) is 0 Å². The minimum atomic E-state index is -0.147. The van der Waals surface area contributed by atoms with Gasteiger partial charge in [0.1, 0.15) is 5.82 Å². The van der Waals surface area contributed by atoms with Crippen molar-refractivity contribution in [2.75, 3.05) is 0 Å². The minimum absolute atomic E-state index is 0.147. The molecule has 0 aliphatic rings. The lowest BCUT2D eigenvalue weighted by atomic mass is 10.0. The zero-order valence-electron chi connectivity index (χ0n) is 10.3. The molecule has 0 fully saturated rings. The van der Waals surface area contributed by atoms with E-state index in [1.807, 2.05) is 33.8 Å². The molecule has 0 spiro atoms. The van der Waals surface area contributed by atoms with Crippen LogP contribution in [0.3, 0.4) is 0 Å². The zero-order valence-corrected chi connectivity index (χ0v) is 10.3. The van der Waals surface area contributed by atoms with E-state index in [1.54, 1.807) is 12.1 Å². The summed E-state index contributed by atoms with van der Waals surface area (Å²) in [7, 11) is 0. The summed E-state index contributed by atoms with van der Waals surface area (Å²) >= 11 is 0. The van der Waals surface area contributed by atoms with E-state index in [0.29, 0.717) is 5.92 Å². The van der Waals surface area contributed by atoms with Crippen molar-refractivity contribution < 1.29 is 4.39 Å². The molecular formula is C13H23F. The molecule has 0 saturated carbocycles. The SMILES string of the molecule is CC.CC.CC(C)c1cccc(F)c1. The van der Waals surface area contributed by atoms with Crippen LogP contribution in [-0.2, 0) is 0 Å². The minimum Gasteiger partial charge on any atom is -0.207 e. The van der Waals surface area contributed by atoms with Crippen molar-refractivity contribution in [3.63, 3.8) is 0 Å². The Kier molecular flexibility index (Phi) is 11.4. The van der Waals surface area contributed by atoms with Gasteiger partial charge in [0, 0.05) is 0 Å². The van der Waals surface area contributed by atoms with Crippen LogP contribution in [0, 0.1) is 5.82 Å². The Labute approximate surface area is 88.2 Å². The molecule has 0 heterocycles. The van der Waals surface area contributed by atoms with E-state index in [2.05, 4.69) is 13.8 Å². The topological polar surface area (TPSA) is 0 Å². The second-order valence-electron chi connectivity index (χ2n) is 2.71. The van der Waals surface area contributed by atoms with Crippen molar-refractivity contribution >= 4 is 0 Å². The second-order valence-corrected chi connectivity index (χ2v) is 2.71. The fraction of sp³-hybridized carbons (Fsp3) is 0.538. The van der Waals surface area contributed by atoms with E-state index >= 15 is 0 Å². The van der Waals surface area contributed by atoms with Gasteiger partial charge in [0.15, 0.2) is 0 Å². The Bertz CT molecular complexity index is 216. The molecule has 0 nitrogen and oxygen atoms in total. The Hall–Kier alpha value is -0.850. The first-order valence-corrected chi connectivity index (χ1v) is 5.45. The molecule has 14 heavy (non-hydrogen) atoms. The molecule has 0 saturated heterocycles. The zero-order chi connectivity index (χ0) is 11.6. The Morgan fingerprint density at radius 3 is 1.79 bits per heavy atom. The largest absolute Gasteiger partial charge is 0.207 e. The predicted molar refractivity (Wildman–Crippen MR) is 63.2 cm³/mol. The maximum atomic E-state index is 12.5.